The molecule has 6 heteroatoms. The van der Waals surface area contributed by atoms with E-state index in [-0.39, 0.29) is 17.6 Å². The Hall–Kier alpha value is -2.08. The van der Waals surface area contributed by atoms with E-state index in [1.165, 1.54) is 0 Å². The van der Waals surface area contributed by atoms with Crippen LogP contribution in [0.25, 0.3) is 0 Å². The summed E-state index contributed by atoms with van der Waals surface area (Å²) in [5.41, 5.74) is 2.19. The molecule has 0 spiro atoms. The molecule has 2 N–H and O–H groups in total. The van der Waals surface area contributed by atoms with Crippen LogP contribution in [0.2, 0.25) is 0 Å². The zero-order valence-electron chi connectivity index (χ0n) is 11.7. The number of amides is 2. The zero-order valence-corrected chi connectivity index (χ0v) is 11.7. The lowest BCUT2D eigenvalue weighted by molar-refractivity contribution is 0.0696. The number of hydrogen-bond acceptors (Lipinski definition) is 3. The molecule has 112 valence electrons. The second-order valence-corrected chi connectivity index (χ2v) is 5.48. The summed E-state index contributed by atoms with van der Waals surface area (Å²) in [4.78, 5) is 24.9. The molecule has 0 saturated carbocycles. The minimum Gasteiger partial charge on any atom is -0.478 e. The summed E-state index contributed by atoms with van der Waals surface area (Å²) >= 11 is 0. The first-order chi connectivity index (χ1) is 10.1. The number of aromatic carboxylic acids is 1. The van der Waals surface area contributed by atoms with Crippen LogP contribution >= 0.6 is 0 Å². The van der Waals surface area contributed by atoms with E-state index in [0.29, 0.717) is 26.3 Å². The Kier molecular flexibility index (Phi) is 3.79. The number of urea groups is 1. The topological polar surface area (TPSA) is 78.9 Å². The highest BCUT2D eigenvalue weighted by atomic mass is 16.5. The SMILES string of the molecule is O=C(O)c1ccc2c(c1)CN(C(=O)NC1CCOCC1)C2. The predicted molar refractivity (Wildman–Crippen MR) is 75.0 cm³/mol. The molecule has 3 rings (SSSR count). The molecule has 0 bridgehead atoms. The number of nitrogens with one attached hydrogen (secondary N) is 1. The van der Waals surface area contributed by atoms with E-state index >= 15 is 0 Å². The molecule has 1 aromatic rings. The molecule has 2 aliphatic heterocycles. The van der Waals surface area contributed by atoms with Crippen molar-refractivity contribution in [3.63, 3.8) is 0 Å². The standard InChI is InChI=1S/C15H18N2O4/c18-14(19)10-1-2-11-8-17(9-12(11)7-10)15(20)16-13-3-5-21-6-4-13/h1-2,7,13H,3-6,8-9H2,(H,16,20)(H,18,19). The van der Waals surface area contributed by atoms with E-state index < -0.39 is 5.97 Å². The summed E-state index contributed by atoms with van der Waals surface area (Å²) in [6, 6.07) is 5.11. The summed E-state index contributed by atoms with van der Waals surface area (Å²) in [6.07, 6.45) is 1.69. The van der Waals surface area contributed by atoms with Crippen molar-refractivity contribution in [3.8, 4) is 0 Å². The van der Waals surface area contributed by atoms with Crippen LogP contribution in [0.1, 0.15) is 34.3 Å². The third-order valence-corrected chi connectivity index (χ3v) is 4.01. The average molecular weight is 290 g/mol. The predicted octanol–water partition coefficient (Wildman–Crippen LogP) is 1.59. The molecule has 0 aromatic heterocycles. The molecular formula is C15H18N2O4. The van der Waals surface area contributed by atoms with E-state index in [0.717, 1.165) is 24.0 Å². The van der Waals surface area contributed by atoms with Crippen molar-refractivity contribution in [2.24, 2.45) is 0 Å². The molecule has 1 fully saturated rings. The van der Waals surface area contributed by atoms with Crippen LogP contribution in [0.3, 0.4) is 0 Å². The monoisotopic (exact) mass is 290 g/mol. The average Bonchev–Trinajstić information content (AvgIpc) is 2.91. The van der Waals surface area contributed by atoms with Crippen molar-refractivity contribution in [1.82, 2.24) is 10.2 Å². The van der Waals surface area contributed by atoms with Gasteiger partial charge in [-0.1, -0.05) is 6.07 Å². The molecule has 2 amide bonds. The number of carboxylic acids is 1. The van der Waals surface area contributed by atoms with Gasteiger partial charge in [0.2, 0.25) is 0 Å². The summed E-state index contributed by atoms with van der Waals surface area (Å²) in [5, 5.41) is 12.0. The van der Waals surface area contributed by atoms with Crippen LogP contribution in [0.4, 0.5) is 4.79 Å². The first-order valence-electron chi connectivity index (χ1n) is 7.12. The highest BCUT2D eigenvalue weighted by Gasteiger charge is 2.26. The number of hydrogen-bond donors (Lipinski definition) is 2. The second-order valence-electron chi connectivity index (χ2n) is 5.48. The minimum absolute atomic E-state index is 0.0880. The Morgan fingerprint density at radius 1 is 1.19 bits per heavy atom. The minimum atomic E-state index is -0.942. The molecule has 2 heterocycles. The van der Waals surface area contributed by atoms with Crippen molar-refractivity contribution in [2.45, 2.75) is 32.0 Å². The van der Waals surface area contributed by atoms with Crippen molar-refractivity contribution in [3.05, 3.63) is 34.9 Å². The largest absolute Gasteiger partial charge is 0.478 e. The van der Waals surface area contributed by atoms with Gasteiger partial charge in [-0.3, -0.25) is 0 Å². The number of rotatable bonds is 2. The van der Waals surface area contributed by atoms with Gasteiger partial charge >= 0.3 is 12.0 Å². The van der Waals surface area contributed by atoms with E-state index in [9.17, 15) is 9.59 Å². The lowest BCUT2D eigenvalue weighted by Gasteiger charge is -2.26. The maximum Gasteiger partial charge on any atom is 0.335 e. The van der Waals surface area contributed by atoms with Crippen LogP contribution in [0.15, 0.2) is 18.2 Å². The quantitative estimate of drug-likeness (QED) is 0.867. The molecule has 0 aliphatic carbocycles. The van der Waals surface area contributed by atoms with Gasteiger partial charge < -0.3 is 20.1 Å². The first kappa shape index (κ1) is 13.9. The molecule has 0 radical (unpaired) electrons. The fourth-order valence-electron chi connectivity index (χ4n) is 2.78. The normalized spacial score (nSPS) is 18.4. The lowest BCUT2D eigenvalue weighted by atomic mass is 10.1. The Bertz CT molecular complexity index is 567. The van der Waals surface area contributed by atoms with Gasteiger partial charge in [-0.05, 0) is 36.1 Å². The number of fused-ring (bicyclic) bond motifs is 1. The Labute approximate surface area is 122 Å². The van der Waals surface area contributed by atoms with E-state index in [4.69, 9.17) is 9.84 Å². The van der Waals surface area contributed by atoms with Gasteiger partial charge in [0.15, 0.2) is 0 Å². The number of carbonyl (C=O) groups excluding carboxylic acids is 1. The van der Waals surface area contributed by atoms with Gasteiger partial charge in [-0.2, -0.15) is 0 Å². The number of carbonyl (C=O) groups is 2. The van der Waals surface area contributed by atoms with Gasteiger partial charge in [0.25, 0.3) is 0 Å². The lowest BCUT2D eigenvalue weighted by Crippen LogP contribution is -2.44. The molecule has 2 aliphatic rings. The maximum atomic E-state index is 12.3. The summed E-state index contributed by atoms with van der Waals surface area (Å²) < 4.78 is 5.27. The van der Waals surface area contributed by atoms with Gasteiger partial charge in [0.05, 0.1) is 5.56 Å². The van der Waals surface area contributed by atoms with Crippen molar-refractivity contribution < 1.29 is 19.4 Å². The molecular weight excluding hydrogens is 272 g/mol. The fraction of sp³-hybridized carbons (Fsp3) is 0.467. The molecule has 1 saturated heterocycles. The van der Waals surface area contributed by atoms with Crippen molar-refractivity contribution in [2.75, 3.05) is 13.2 Å². The van der Waals surface area contributed by atoms with Crippen molar-refractivity contribution in [1.29, 1.82) is 0 Å². The molecule has 0 unspecified atom stereocenters. The highest BCUT2D eigenvalue weighted by Crippen LogP contribution is 2.24. The van der Waals surface area contributed by atoms with Gasteiger partial charge in [0.1, 0.15) is 0 Å². The van der Waals surface area contributed by atoms with Crippen LogP contribution in [0, 0.1) is 0 Å². The smallest absolute Gasteiger partial charge is 0.335 e. The molecule has 0 atom stereocenters. The van der Waals surface area contributed by atoms with E-state index in [2.05, 4.69) is 5.32 Å². The van der Waals surface area contributed by atoms with Crippen molar-refractivity contribution >= 4 is 12.0 Å². The molecule has 6 nitrogen and oxygen atoms in total. The van der Waals surface area contributed by atoms with Gasteiger partial charge in [-0.25, -0.2) is 9.59 Å². The van der Waals surface area contributed by atoms with Gasteiger partial charge in [-0.15, -0.1) is 0 Å². The third kappa shape index (κ3) is 3.00. The summed E-state index contributed by atoms with van der Waals surface area (Å²) in [7, 11) is 0. The Morgan fingerprint density at radius 3 is 2.62 bits per heavy atom. The number of benzene rings is 1. The zero-order chi connectivity index (χ0) is 14.8. The van der Waals surface area contributed by atoms with Crippen LogP contribution in [-0.4, -0.2) is 41.3 Å². The fourth-order valence-corrected chi connectivity index (χ4v) is 2.78. The summed E-state index contributed by atoms with van der Waals surface area (Å²) in [6.45, 7) is 2.37. The summed E-state index contributed by atoms with van der Waals surface area (Å²) in [5.74, 6) is -0.942. The van der Waals surface area contributed by atoms with Crippen LogP contribution < -0.4 is 5.32 Å². The van der Waals surface area contributed by atoms with Gasteiger partial charge in [0, 0.05) is 32.3 Å². The number of carboxylic acid groups (broad SMARTS) is 1. The maximum absolute atomic E-state index is 12.3. The number of ether oxygens (including phenoxy) is 1. The second kappa shape index (κ2) is 5.73. The first-order valence-corrected chi connectivity index (χ1v) is 7.12. The molecule has 21 heavy (non-hydrogen) atoms. The van der Waals surface area contributed by atoms with E-state index in [1.807, 2.05) is 0 Å². The molecule has 1 aromatic carbocycles. The van der Waals surface area contributed by atoms with E-state index in [1.54, 1.807) is 23.1 Å². The highest BCUT2D eigenvalue weighted by molar-refractivity contribution is 5.88. The Morgan fingerprint density at radius 2 is 1.90 bits per heavy atom. The third-order valence-electron chi connectivity index (χ3n) is 4.01. The Balaban J connectivity index is 1.63. The van der Waals surface area contributed by atoms with Crippen LogP contribution in [-0.2, 0) is 17.8 Å². The number of nitrogens with zero attached hydrogens (tertiary/aromatic N) is 1. The van der Waals surface area contributed by atoms with Crippen LogP contribution in [0.5, 0.6) is 0 Å².